The van der Waals surface area contributed by atoms with Crippen LogP contribution in [0.2, 0.25) is 0 Å². The maximum absolute atomic E-state index is 5.44. The molecule has 0 saturated heterocycles. The first-order chi connectivity index (χ1) is 8.79. The third kappa shape index (κ3) is 3.47. The first-order valence-electron chi connectivity index (χ1n) is 6.60. The lowest BCUT2D eigenvalue weighted by Gasteiger charge is -2.18. The summed E-state index contributed by atoms with van der Waals surface area (Å²) in [5, 5.41) is 3.54. The van der Waals surface area contributed by atoms with Crippen LogP contribution in [-0.2, 0) is 12.8 Å². The Hall–Kier alpha value is -1.54. The van der Waals surface area contributed by atoms with Gasteiger partial charge in [0.2, 0.25) is 0 Å². The lowest BCUT2D eigenvalue weighted by atomic mass is 9.98. The van der Waals surface area contributed by atoms with Gasteiger partial charge in [-0.3, -0.25) is 0 Å². The van der Waals surface area contributed by atoms with Crippen molar-refractivity contribution >= 4 is 0 Å². The summed E-state index contributed by atoms with van der Waals surface area (Å²) < 4.78 is 5.44. The molecule has 18 heavy (non-hydrogen) atoms. The van der Waals surface area contributed by atoms with Crippen LogP contribution in [0, 0.1) is 6.92 Å². The zero-order valence-electron chi connectivity index (χ0n) is 11.1. The fourth-order valence-electron chi connectivity index (χ4n) is 2.28. The molecule has 0 radical (unpaired) electrons. The molecule has 2 rings (SSSR count). The highest BCUT2D eigenvalue weighted by atomic mass is 16.3. The summed E-state index contributed by atoms with van der Waals surface area (Å²) in [7, 11) is 0. The van der Waals surface area contributed by atoms with Crippen molar-refractivity contribution in [2.24, 2.45) is 0 Å². The van der Waals surface area contributed by atoms with Gasteiger partial charge < -0.3 is 9.73 Å². The smallest absolute Gasteiger partial charge is 0.105 e. The van der Waals surface area contributed by atoms with Crippen LogP contribution in [-0.4, -0.2) is 12.6 Å². The van der Waals surface area contributed by atoms with Crippen molar-refractivity contribution in [2.45, 2.75) is 32.7 Å². The minimum atomic E-state index is 0.433. The van der Waals surface area contributed by atoms with Crippen LogP contribution in [0.4, 0.5) is 0 Å². The molecule has 0 aliphatic carbocycles. The SMILES string of the molecule is CCNC(Cc1ccco1)Cc1ccccc1C. The Morgan fingerprint density at radius 1 is 1.11 bits per heavy atom. The predicted molar refractivity (Wildman–Crippen MR) is 74.8 cm³/mol. The van der Waals surface area contributed by atoms with E-state index >= 15 is 0 Å². The molecule has 1 atom stereocenters. The highest BCUT2D eigenvalue weighted by Gasteiger charge is 2.12. The molecule has 1 unspecified atom stereocenters. The number of hydrogen-bond donors (Lipinski definition) is 1. The summed E-state index contributed by atoms with van der Waals surface area (Å²) in [5.74, 6) is 1.05. The average molecular weight is 243 g/mol. The van der Waals surface area contributed by atoms with Crippen LogP contribution < -0.4 is 5.32 Å². The van der Waals surface area contributed by atoms with E-state index in [4.69, 9.17) is 4.42 Å². The van der Waals surface area contributed by atoms with Crippen LogP contribution in [0.25, 0.3) is 0 Å². The van der Waals surface area contributed by atoms with Crippen molar-refractivity contribution in [2.75, 3.05) is 6.54 Å². The van der Waals surface area contributed by atoms with Gasteiger partial charge in [0, 0.05) is 12.5 Å². The van der Waals surface area contributed by atoms with Gasteiger partial charge in [-0.1, -0.05) is 31.2 Å². The quantitative estimate of drug-likeness (QED) is 0.841. The maximum atomic E-state index is 5.44. The van der Waals surface area contributed by atoms with E-state index in [1.54, 1.807) is 6.26 Å². The number of nitrogens with one attached hydrogen (secondary N) is 1. The first kappa shape index (κ1) is 12.9. The summed E-state index contributed by atoms with van der Waals surface area (Å²) in [6.07, 6.45) is 3.72. The van der Waals surface area contributed by atoms with Gasteiger partial charge in [0.15, 0.2) is 0 Å². The van der Waals surface area contributed by atoms with Crippen molar-refractivity contribution in [3.8, 4) is 0 Å². The molecule has 0 aliphatic heterocycles. The lowest BCUT2D eigenvalue weighted by Crippen LogP contribution is -2.33. The standard InChI is InChI=1S/C16H21NO/c1-3-17-15(12-16-9-6-10-18-16)11-14-8-5-4-7-13(14)2/h4-10,15,17H,3,11-12H2,1-2H3. The maximum Gasteiger partial charge on any atom is 0.105 e. The molecule has 2 heteroatoms. The van der Waals surface area contributed by atoms with Crippen LogP contribution >= 0.6 is 0 Å². The lowest BCUT2D eigenvalue weighted by molar-refractivity contribution is 0.444. The van der Waals surface area contributed by atoms with Crippen LogP contribution in [0.1, 0.15) is 23.8 Å². The molecule has 0 saturated carbocycles. The zero-order valence-corrected chi connectivity index (χ0v) is 11.1. The van der Waals surface area contributed by atoms with Gasteiger partial charge >= 0.3 is 0 Å². The van der Waals surface area contributed by atoms with Crippen molar-refractivity contribution in [3.63, 3.8) is 0 Å². The van der Waals surface area contributed by atoms with E-state index < -0.39 is 0 Å². The van der Waals surface area contributed by atoms with Crippen molar-refractivity contribution < 1.29 is 4.42 Å². The van der Waals surface area contributed by atoms with Gasteiger partial charge in [-0.2, -0.15) is 0 Å². The van der Waals surface area contributed by atoms with Crippen LogP contribution in [0.3, 0.4) is 0 Å². The molecule has 0 bridgehead atoms. The Morgan fingerprint density at radius 3 is 2.61 bits per heavy atom. The minimum Gasteiger partial charge on any atom is -0.469 e. The molecule has 1 N–H and O–H groups in total. The summed E-state index contributed by atoms with van der Waals surface area (Å²) in [5.41, 5.74) is 2.77. The molecular formula is C16H21NO. The topological polar surface area (TPSA) is 25.2 Å². The van der Waals surface area contributed by atoms with Gasteiger partial charge in [0.1, 0.15) is 5.76 Å². The fourth-order valence-corrected chi connectivity index (χ4v) is 2.28. The number of benzene rings is 1. The average Bonchev–Trinajstić information content (AvgIpc) is 2.85. The Balaban J connectivity index is 2.04. The number of aryl methyl sites for hydroxylation is 1. The van der Waals surface area contributed by atoms with E-state index in [1.165, 1.54) is 11.1 Å². The monoisotopic (exact) mass is 243 g/mol. The third-order valence-corrected chi connectivity index (χ3v) is 3.25. The highest BCUT2D eigenvalue weighted by molar-refractivity contribution is 5.26. The Bertz CT molecular complexity index is 462. The van der Waals surface area contributed by atoms with Gasteiger partial charge in [0.05, 0.1) is 6.26 Å². The molecule has 0 fully saturated rings. The van der Waals surface area contributed by atoms with Crippen molar-refractivity contribution in [1.82, 2.24) is 5.32 Å². The molecule has 0 spiro atoms. The van der Waals surface area contributed by atoms with Crippen molar-refractivity contribution in [1.29, 1.82) is 0 Å². The van der Waals surface area contributed by atoms with Gasteiger partial charge in [0.25, 0.3) is 0 Å². The van der Waals surface area contributed by atoms with Gasteiger partial charge in [-0.25, -0.2) is 0 Å². The molecular weight excluding hydrogens is 222 g/mol. The second kappa shape index (κ2) is 6.41. The van der Waals surface area contributed by atoms with Gasteiger partial charge in [-0.05, 0) is 43.1 Å². The summed E-state index contributed by atoms with van der Waals surface area (Å²) >= 11 is 0. The van der Waals surface area contributed by atoms with Crippen molar-refractivity contribution in [3.05, 3.63) is 59.5 Å². The van der Waals surface area contributed by atoms with E-state index in [1.807, 2.05) is 12.1 Å². The van der Waals surface area contributed by atoms with E-state index in [2.05, 4.69) is 43.4 Å². The van der Waals surface area contributed by atoms with E-state index in [0.29, 0.717) is 6.04 Å². The first-order valence-corrected chi connectivity index (χ1v) is 6.60. The molecule has 1 heterocycles. The highest BCUT2D eigenvalue weighted by Crippen LogP contribution is 2.13. The summed E-state index contributed by atoms with van der Waals surface area (Å²) in [6.45, 7) is 5.30. The third-order valence-electron chi connectivity index (χ3n) is 3.25. The predicted octanol–water partition coefficient (Wildman–Crippen LogP) is 3.35. The fraction of sp³-hybridized carbons (Fsp3) is 0.375. The number of furan rings is 1. The number of likely N-dealkylation sites (N-methyl/N-ethyl adjacent to an activating group) is 1. The van der Waals surface area contributed by atoms with Crippen LogP contribution in [0.5, 0.6) is 0 Å². The zero-order chi connectivity index (χ0) is 12.8. The molecule has 0 aliphatic rings. The summed E-state index contributed by atoms with van der Waals surface area (Å²) in [4.78, 5) is 0. The second-order valence-electron chi connectivity index (χ2n) is 4.67. The molecule has 1 aromatic heterocycles. The Labute approximate surface area is 109 Å². The largest absolute Gasteiger partial charge is 0.469 e. The molecule has 2 aromatic rings. The Morgan fingerprint density at radius 2 is 1.94 bits per heavy atom. The normalized spacial score (nSPS) is 12.6. The van der Waals surface area contributed by atoms with Gasteiger partial charge in [-0.15, -0.1) is 0 Å². The molecule has 96 valence electrons. The second-order valence-corrected chi connectivity index (χ2v) is 4.67. The molecule has 1 aromatic carbocycles. The van der Waals surface area contributed by atoms with Crippen LogP contribution in [0.15, 0.2) is 47.1 Å². The molecule has 2 nitrogen and oxygen atoms in total. The summed E-state index contributed by atoms with van der Waals surface area (Å²) in [6, 6.07) is 13.0. The van der Waals surface area contributed by atoms with E-state index in [0.717, 1.165) is 25.1 Å². The molecule has 0 amide bonds. The van der Waals surface area contributed by atoms with E-state index in [9.17, 15) is 0 Å². The number of rotatable bonds is 6. The Kier molecular flexibility index (Phi) is 4.59. The minimum absolute atomic E-state index is 0.433. The number of hydrogen-bond acceptors (Lipinski definition) is 2. The van der Waals surface area contributed by atoms with E-state index in [-0.39, 0.29) is 0 Å².